The van der Waals surface area contributed by atoms with Gasteiger partial charge in [-0.2, -0.15) is 5.10 Å². The highest BCUT2D eigenvalue weighted by Crippen LogP contribution is 2.25. The van der Waals surface area contributed by atoms with Gasteiger partial charge in [0.1, 0.15) is 5.58 Å². The summed E-state index contributed by atoms with van der Waals surface area (Å²) in [4.78, 5) is 11.3. The van der Waals surface area contributed by atoms with Crippen LogP contribution >= 0.6 is 0 Å². The highest BCUT2D eigenvalue weighted by molar-refractivity contribution is 7.92. The van der Waals surface area contributed by atoms with Gasteiger partial charge in [-0.1, -0.05) is 12.1 Å². The molecule has 0 aliphatic rings. The Bertz CT molecular complexity index is 1220. The Labute approximate surface area is 136 Å². The summed E-state index contributed by atoms with van der Waals surface area (Å²) in [5.41, 5.74) is 0.858. The Kier molecular flexibility index (Phi) is 3.14. The number of hydrogen-bond acceptors (Lipinski definition) is 5. The second-order valence-electron chi connectivity index (χ2n) is 5.20. The first kappa shape index (κ1) is 14.5. The normalized spacial score (nSPS) is 11.8. The number of fused-ring (bicyclic) bond motifs is 2. The third kappa shape index (κ3) is 2.42. The monoisotopic (exact) mass is 341 g/mol. The van der Waals surface area contributed by atoms with E-state index in [0.717, 1.165) is 5.39 Å². The molecule has 2 aromatic carbocycles. The van der Waals surface area contributed by atoms with Crippen molar-refractivity contribution >= 4 is 37.6 Å². The van der Waals surface area contributed by atoms with Gasteiger partial charge in [-0.05, 0) is 30.3 Å². The highest BCUT2D eigenvalue weighted by atomic mass is 32.2. The van der Waals surface area contributed by atoms with Gasteiger partial charge < -0.3 is 4.42 Å². The summed E-state index contributed by atoms with van der Waals surface area (Å²) in [6, 6.07) is 12.3. The molecule has 0 aliphatic carbocycles. The summed E-state index contributed by atoms with van der Waals surface area (Å²) >= 11 is 0. The van der Waals surface area contributed by atoms with Crippen molar-refractivity contribution < 1.29 is 12.8 Å². The maximum atomic E-state index is 12.6. The van der Waals surface area contributed by atoms with E-state index in [4.69, 9.17) is 4.42 Å². The van der Waals surface area contributed by atoms with Crippen LogP contribution in [0.25, 0.3) is 21.9 Å². The number of para-hydroxylation sites is 1. The molecule has 4 rings (SSSR count). The molecule has 24 heavy (non-hydrogen) atoms. The minimum absolute atomic E-state index is 0.0698. The molecule has 0 atom stereocenters. The summed E-state index contributed by atoms with van der Waals surface area (Å²) in [6.45, 7) is 0. The molecular weight excluding hydrogens is 330 g/mol. The van der Waals surface area contributed by atoms with Crippen LogP contribution in [0, 0.1) is 0 Å². The van der Waals surface area contributed by atoms with Gasteiger partial charge in [0.05, 0.1) is 22.3 Å². The van der Waals surface area contributed by atoms with Crippen LogP contribution in [0.3, 0.4) is 0 Å². The second-order valence-corrected chi connectivity index (χ2v) is 6.88. The van der Waals surface area contributed by atoms with E-state index in [0.29, 0.717) is 22.2 Å². The van der Waals surface area contributed by atoms with Crippen LogP contribution in [-0.4, -0.2) is 18.6 Å². The Morgan fingerprint density at radius 1 is 1.04 bits per heavy atom. The van der Waals surface area contributed by atoms with Gasteiger partial charge in [0, 0.05) is 16.8 Å². The Morgan fingerprint density at radius 2 is 1.92 bits per heavy atom. The lowest BCUT2D eigenvalue weighted by atomic mass is 10.2. The molecule has 2 N–H and O–H groups in total. The lowest BCUT2D eigenvalue weighted by Crippen LogP contribution is -2.13. The molecule has 0 saturated carbocycles. The zero-order valence-corrected chi connectivity index (χ0v) is 13.0. The van der Waals surface area contributed by atoms with Crippen molar-refractivity contribution in [1.82, 2.24) is 10.2 Å². The van der Waals surface area contributed by atoms with Crippen molar-refractivity contribution in [2.75, 3.05) is 4.72 Å². The summed E-state index contributed by atoms with van der Waals surface area (Å²) in [5.74, 6) is 0. The van der Waals surface area contributed by atoms with Gasteiger partial charge in [-0.3, -0.25) is 9.82 Å². The van der Waals surface area contributed by atoms with E-state index in [9.17, 15) is 13.2 Å². The first-order valence-corrected chi connectivity index (χ1v) is 8.50. The van der Waals surface area contributed by atoms with Crippen molar-refractivity contribution in [3.63, 3.8) is 0 Å². The van der Waals surface area contributed by atoms with Crippen LogP contribution in [0.15, 0.2) is 68.8 Å². The van der Waals surface area contributed by atoms with Crippen molar-refractivity contribution in [2.45, 2.75) is 4.90 Å². The number of hydrogen-bond donors (Lipinski definition) is 2. The quantitative estimate of drug-likeness (QED) is 0.557. The number of anilines is 1. The fourth-order valence-electron chi connectivity index (χ4n) is 2.47. The fourth-order valence-corrected chi connectivity index (χ4v) is 3.58. The Morgan fingerprint density at radius 3 is 2.79 bits per heavy atom. The zero-order chi connectivity index (χ0) is 16.7. The molecule has 0 aliphatic heterocycles. The van der Waals surface area contributed by atoms with E-state index in [1.807, 2.05) is 6.07 Å². The number of aromatic nitrogens is 2. The third-order valence-corrected chi connectivity index (χ3v) is 4.99. The molecule has 0 spiro atoms. The molecule has 8 heteroatoms. The molecule has 2 heterocycles. The predicted octanol–water partition coefficient (Wildman–Crippen LogP) is 2.47. The molecule has 0 radical (unpaired) electrons. The van der Waals surface area contributed by atoms with E-state index in [-0.39, 0.29) is 4.90 Å². The fraction of sp³-hybridized carbons (Fsp3) is 0. The first-order chi connectivity index (χ1) is 11.5. The molecule has 0 bridgehead atoms. The number of nitrogens with zero attached hydrogens (tertiary/aromatic N) is 1. The molecule has 4 aromatic rings. The summed E-state index contributed by atoms with van der Waals surface area (Å²) in [5, 5.41) is 8.01. The summed E-state index contributed by atoms with van der Waals surface area (Å²) in [7, 11) is -3.80. The van der Waals surface area contributed by atoms with Gasteiger partial charge >= 0.3 is 5.63 Å². The molecule has 7 nitrogen and oxygen atoms in total. The van der Waals surface area contributed by atoms with Crippen molar-refractivity contribution in [2.24, 2.45) is 0 Å². The SMILES string of the molecule is O=c1ccc2cc(S(=O)(=O)Nc3cccc4cn[nH]c34)ccc2o1. The largest absolute Gasteiger partial charge is 0.423 e. The Balaban J connectivity index is 1.78. The van der Waals surface area contributed by atoms with Gasteiger partial charge in [-0.15, -0.1) is 0 Å². The second kappa shape index (κ2) is 5.20. The minimum atomic E-state index is -3.80. The molecule has 120 valence electrons. The number of nitrogens with one attached hydrogen (secondary N) is 2. The topological polar surface area (TPSA) is 105 Å². The molecule has 0 saturated heterocycles. The summed E-state index contributed by atoms with van der Waals surface area (Å²) in [6.07, 6.45) is 1.62. The predicted molar refractivity (Wildman–Crippen MR) is 89.4 cm³/mol. The highest BCUT2D eigenvalue weighted by Gasteiger charge is 2.17. The number of aromatic amines is 1. The van der Waals surface area contributed by atoms with Crippen molar-refractivity contribution in [1.29, 1.82) is 0 Å². The van der Waals surface area contributed by atoms with Crippen LogP contribution in [0.1, 0.15) is 0 Å². The van der Waals surface area contributed by atoms with Gasteiger partial charge in [0.25, 0.3) is 10.0 Å². The smallest absolute Gasteiger partial charge is 0.336 e. The molecule has 0 amide bonds. The lowest BCUT2D eigenvalue weighted by Gasteiger charge is -2.09. The maximum absolute atomic E-state index is 12.6. The van der Waals surface area contributed by atoms with Crippen LogP contribution < -0.4 is 10.3 Å². The third-order valence-electron chi connectivity index (χ3n) is 3.62. The number of rotatable bonds is 3. The Hall–Kier alpha value is -3.13. The van der Waals surface area contributed by atoms with E-state index >= 15 is 0 Å². The minimum Gasteiger partial charge on any atom is -0.423 e. The lowest BCUT2D eigenvalue weighted by molar-refractivity contribution is 0.560. The average Bonchev–Trinajstić information content (AvgIpc) is 3.04. The van der Waals surface area contributed by atoms with Gasteiger partial charge in [-0.25, -0.2) is 13.2 Å². The van der Waals surface area contributed by atoms with Crippen LogP contribution in [-0.2, 0) is 10.0 Å². The van der Waals surface area contributed by atoms with E-state index in [1.165, 1.54) is 30.3 Å². The number of sulfonamides is 1. The maximum Gasteiger partial charge on any atom is 0.336 e. The number of H-pyrrole nitrogens is 1. The van der Waals surface area contributed by atoms with Crippen LogP contribution in [0.2, 0.25) is 0 Å². The van der Waals surface area contributed by atoms with E-state index in [2.05, 4.69) is 14.9 Å². The molecule has 0 unspecified atom stereocenters. The van der Waals surface area contributed by atoms with E-state index < -0.39 is 15.6 Å². The van der Waals surface area contributed by atoms with Crippen LogP contribution in [0.5, 0.6) is 0 Å². The molecule has 0 fully saturated rings. The number of benzene rings is 2. The molecular formula is C16H11N3O4S. The standard InChI is InChI=1S/C16H11N3O4S/c20-15-7-4-10-8-12(5-6-14(10)23-15)24(21,22)19-13-3-1-2-11-9-17-18-16(11)13/h1-9,19H,(H,17,18). The summed E-state index contributed by atoms with van der Waals surface area (Å²) < 4.78 is 32.8. The zero-order valence-electron chi connectivity index (χ0n) is 12.2. The first-order valence-electron chi connectivity index (χ1n) is 7.02. The van der Waals surface area contributed by atoms with Crippen molar-refractivity contribution in [3.8, 4) is 0 Å². The van der Waals surface area contributed by atoms with Crippen LogP contribution in [0.4, 0.5) is 5.69 Å². The van der Waals surface area contributed by atoms with Crippen molar-refractivity contribution in [3.05, 3.63) is 65.1 Å². The van der Waals surface area contributed by atoms with E-state index in [1.54, 1.807) is 18.3 Å². The molecule has 2 aromatic heterocycles. The average molecular weight is 341 g/mol. The van der Waals surface area contributed by atoms with Gasteiger partial charge in [0.15, 0.2) is 0 Å². The van der Waals surface area contributed by atoms with Gasteiger partial charge in [0.2, 0.25) is 0 Å².